The van der Waals surface area contributed by atoms with Gasteiger partial charge in [0.2, 0.25) is 17.8 Å². The number of nitrogens with one attached hydrogen (secondary N) is 3. The van der Waals surface area contributed by atoms with Crippen LogP contribution in [0.3, 0.4) is 0 Å². The number of hydrogen-bond donors (Lipinski definition) is 3. The molecule has 1 atom stereocenters. The summed E-state index contributed by atoms with van der Waals surface area (Å²) in [6.45, 7) is 5.67. The summed E-state index contributed by atoms with van der Waals surface area (Å²) in [7, 11) is 5.47. The number of unbranched alkanes of at least 4 members (excludes halogenated alkanes) is 1. The van der Waals surface area contributed by atoms with Gasteiger partial charge in [0.25, 0.3) is 0 Å². The lowest BCUT2D eigenvalue weighted by Crippen LogP contribution is -2.45. The third kappa shape index (κ3) is 9.85. The Morgan fingerprint density at radius 2 is 1.85 bits per heavy atom. The first-order chi connectivity index (χ1) is 19.8. The van der Waals surface area contributed by atoms with Crippen LogP contribution in [-0.4, -0.2) is 88.4 Å². The van der Waals surface area contributed by atoms with E-state index in [4.69, 9.17) is 0 Å². The van der Waals surface area contributed by atoms with Crippen molar-refractivity contribution in [1.82, 2.24) is 35.1 Å². The van der Waals surface area contributed by atoms with Crippen molar-refractivity contribution < 1.29 is 9.59 Å². The molecule has 1 aromatic carbocycles. The monoisotopic (exact) mass is 557 g/mol. The van der Waals surface area contributed by atoms with Crippen LogP contribution < -0.4 is 16.0 Å². The van der Waals surface area contributed by atoms with Crippen LogP contribution >= 0.6 is 0 Å². The summed E-state index contributed by atoms with van der Waals surface area (Å²) in [5.74, 6) is 7.00. The lowest BCUT2D eigenvalue weighted by Gasteiger charge is -2.23. The van der Waals surface area contributed by atoms with E-state index in [2.05, 4.69) is 54.7 Å². The molecular formula is C30H39N9O2. The van der Waals surface area contributed by atoms with E-state index in [9.17, 15) is 9.59 Å². The Labute approximate surface area is 241 Å². The van der Waals surface area contributed by atoms with Crippen LogP contribution in [0.25, 0.3) is 11.0 Å². The summed E-state index contributed by atoms with van der Waals surface area (Å²) in [5.41, 5.74) is 3.11. The van der Waals surface area contributed by atoms with E-state index in [1.54, 1.807) is 38.6 Å². The SMILES string of the molecule is CCCNc1nc(Nc2ccc3nccnc3c2)ncc1C#CCCCNC(=O)[C@H](C)N(C)C(=O)/C=C/CN(C)C. The molecule has 41 heavy (non-hydrogen) atoms. The van der Waals surface area contributed by atoms with Crippen LogP contribution in [0.15, 0.2) is 48.9 Å². The summed E-state index contributed by atoms with van der Waals surface area (Å²) in [6.07, 6.45) is 10.5. The van der Waals surface area contributed by atoms with Gasteiger partial charge in [-0.3, -0.25) is 19.6 Å². The maximum Gasteiger partial charge on any atom is 0.246 e. The minimum Gasteiger partial charge on any atom is -0.369 e. The van der Waals surface area contributed by atoms with Crippen LogP contribution in [0, 0.1) is 11.8 Å². The number of benzene rings is 1. The molecule has 11 heteroatoms. The first kappa shape index (κ1) is 31.0. The molecule has 0 aliphatic heterocycles. The molecule has 0 fully saturated rings. The van der Waals surface area contributed by atoms with Gasteiger partial charge in [0, 0.05) is 57.3 Å². The summed E-state index contributed by atoms with van der Waals surface area (Å²) in [6, 6.07) is 5.13. The van der Waals surface area contributed by atoms with Crippen molar-refractivity contribution >= 4 is 40.3 Å². The van der Waals surface area contributed by atoms with Crippen molar-refractivity contribution in [3.05, 3.63) is 54.5 Å². The van der Waals surface area contributed by atoms with Gasteiger partial charge in [0.1, 0.15) is 11.9 Å². The van der Waals surface area contributed by atoms with Crippen LogP contribution in [0.4, 0.5) is 17.5 Å². The van der Waals surface area contributed by atoms with Gasteiger partial charge in [-0.25, -0.2) is 4.98 Å². The van der Waals surface area contributed by atoms with Crippen molar-refractivity contribution in [3.8, 4) is 11.8 Å². The molecule has 2 heterocycles. The van der Waals surface area contributed by atoms with Gasteiger partial charge in [-0.1, -0.05) is 24.8 Å². The minimum absolute atomic E-state index is 0.198. The third-order valence-corrected chi connectivity index (χ3v) is 6.10. The number of aromatic nitrogens is 4. The van der Waals surface area contributed by atoms with Gasteiger partial charge in [0.05, 0.1) is 22.8 Å². The molecule has 0 radical (unpaired) electrons. The smallest absolute Gasteiger partial charge is 0.246 e. The van der Waals surface area contributed by atoms with E-state index in [0.717, 1.165) is 29.7 Å². The van der Waals surface area contributed by atoms with Gasteiger partial charge in [-0.05, 0) is 52.1 Å². The average Bonchev–Trinajstić information content (AvgIpc) is 2.97. The number of likely N-dealkylation sites (N-methyl/N-ethyl adjacent to an activating group) is 2. The first-order valence-electron chi connectivity index (χ1n) is 13.7. The minimum atomic E-state index is -0.573. The molecule has 11 nitrogen and oxygen atoms in total. The predicted octanol–water partition coefficient (Wildman–Crippen LogP) is 3.20. The Balaban J connectivity index is 1.52. The Hall–Kier alpha value is -4.56. The summed E-state index contributed by atoms with van der Waals surface area (Å²) in [4.78, 5) is 45.8. The van der Waals surface area contributed by atoms with E-state index in [1.807, 2.05) is 37.2 Å². The molecular weight excluding hydrogens is 518 g/mol. The molecule has 0 spiro atoms. The highest BCUT2D eigenvalue weighted by Gasteiger charge is 2.20. The van der Waals surface area contributed by atoms with Gasteiger partial charge >= 0.3 is 0 Å². The van der Waals surface area contributed by atoms with Crippen molar-refractivity contribution in [2.24, 2.45) is 0 Å². The van der Waals surface area contributed by atoms with E-state index in [1.165, 1.54) is 11.0 Å². The first-order valence-corrected chi connectivity index (χ1v) is 13.7. The highest BCUT2D eigenvalue weighted by molar-refractivity contribution is 5.92. The van der Waals surface area contributed by atoms with Gasteiger partial charge in [0.15, 0.2) is 0 Å². The fraction of sp³-hybridized carbons (Fsp3) is 0.400. The molecule has 0 aliphatic carbocycles. The fourth-order valence-corrected chi connectivity index (χ4v) is 3.62. The Bertz CT molecular complexity index is 1410. The van der Waals surface area contributed by atoms with Crippen molar-refractivity contribution in [2.45, 2.75) is 39.2 Å². The highest BCUT2D eigenvalue weighted by Crippen LogP contribution is 2.20. The number of nitrogens with zero attached hydrogens (tertiary/aromatic N) is 6. The van der Waals surface area contributed by atoms with Gasteiger partial charge < -0.3 is 25.8 Å². The van der Waals surface area contributed by atoms with Crippen molar-refractivity contribution in [1.29, 1.82) is 0 Å². The molecule has 0 bridgehead atoms. The largest absolute Gasteiger partial charge is 0.369 e. The number of fused-ring (bicyclic) bond motifs is 1. The molecule has 3 aromatic rings. The lowest BCUT2D eigenvalue weighted by molar-refractivity contribution is -0.135. The molecule has 0 aliphatic rings. The number of carbonyl (C=O) groups is 2. The van der Waals surface area contributed by atoms with Crippen molar-refractivity contribution in [3.63, 3.8) is 0 Å². The molecule has 2 amide bonds. The zero-order chi connectivity index (χ0) is 29.6. The lowest BCUT2D eigenvalue weighted by atomic mass is 10.2. The van der Waals surface area contributed by atoms with Crippen LogP contribution in [0.2, 0.25) is 0 Å². The zero-order valence-corrected chi connectivity index (χ0v) is 24.4. The van der Waals surface area contributed by atoms with Gasteiger partial charge in [-0.2, -0.15) is 4.98 Å². The zero-order valence-electron chi connectivity index (χ0n) is 24.4. The second kappa shape index (κ2) is 15.9. The normalized spacial score (nSPS) is 11.7. The number of carbonyl (C=O) groups excluding carboxylic acids is 2. The van der Waals surface area contributed by atoms with E-state index < -0.39 is 6.04 Å². The predicted molar refractivity (Wildman–Crippen MR) is 163 cm³/mol. The Morgan fingerprint density at radius 1 is 1.07 bits per heavy atom. The van der Waals surface area contributed by atoms with Crippen LogP contribution in [0.1, 0.15) is 38.7 Å². The topological polar surface area (TPSA) is 128 Å². The average molecular weight is 558 g/mol. The third-order valence-electron chi connectivity index (χ3n) is 6.10. The van der Waals surface area contributed by atoms with Crippen LogP contribution in [-0.2, 0) is 9.59 Å². The van der Waals surface area contributed by atoms with Crippen LogP contribution in [0.5, 0.6) is 0 Å². The maximum absolute atomic E-state index is 12.5. The summed E-state index contributed by atoms with van der Waals surface area (Å²) >= 11 is 0. The fourth-order valence-electron chi connectivity index (χ4n) is 3.62. The van der Waals surface area contributed by atoms with Gasteiger partial charge in [-0.15, -0.1) is 0 Å². The van der Waals surface area contributed by atoms with E-state index in [-0.39, 0.29) is 11.8 Å². The standard InChI is InChI=1S/C30H39N9O2/c1-6-15-33-28-23(21-35-30(37-28)36-24-13-14-25-26(20-24)32-18-17-31-25)11-8-7-9-16-34-29(41)22(2)39(5)27(40)12-10-19-38(3)4/h10,12-14,17-18,20-22H,6-7,9,15-16,19H2,1-5H3,(H,34,41)(H2,33,35,36,37)/b12-10+/t22-/m0/s1. The molecule has 0 saturated heterocycles. The second-order valence-electron chi connectivity index (χ2n) is 9.75. The molecule has 216 valence electrons. The summed E-state index contributed by atoms with van der Waals surface area (Å²) in [5, 5.41) is 9.43. The molecule has 3 rings (SSSR count). The Kier molecular flexibility index (Phi) is 12.0. The molecule has 2 aromatic heterocycles. The summed E-state index contributed by atoms with van der Waals surface area (Å²) < 4.78 is 0. The number of hydrogen-bond acceptors (Lipinski definition) is 9. The number of anilines is 3. The van der Waals surface area contributed by atoms with E-state index in [0.29, 0.717) is 43.3 Å². The number of rotatable bonds is 13. The molecule has 3 N–H and O–H groups in total. The van der Waals surface area contributed by atoms with E-state index >= 15 is 0 Å². The quantitative estimate of drug-likeness (QED) is 0.165. The highest BCUT2D eigenvalue weighted by atomic mass is 16.2. The molecule has 0 saturated carbocycles. The second-order valence-corrected chi connectivity index (χ2v) is 9.75. The van der Waals surface area contributed by atoms with Crippen molar-refractivity contribution in [2.75, 3.05) is 51.4 Å². The maximum atomic E-state index is 12.5. The number of amides is 2. The molecule has 0 unspecified atom stereocenters. The Morgan fingerprint density at radius 3 is 2.61 bits per heavy atom.